The number of esters is 2. The van der Waals surface area contributed by atoms with E-state index >= 15 is 0 Å². The van der Waals surface area contributed by atoms with Gasteiger partial charge in [-0.1, -0.05) is 136 Å². The number of ether oxygens (including phenoxy) is 2. The fourth-order valence-electron chi connectivity index (χ4n) is 4.77. The number of aliphatic carboxylic acids is 1. The van der Waals surface area contributed by atoms with Crippen LogP contribution in [0.1, 0.15) is 162 Å². The van der Waals surface area contributed by atoms with Crippen molar-refractivity contribution in [3.63, 3.8) is 0 Å². The summed E-state index contributed by atoms with van der Waals surface area (Å²) in [5.41, 5.74) is 5.30. The SMILES string of the molecule is CCCCCCCCCCCCCC(=O)O[C@H](COC(=O)CCCCCCCCCCCC)COP(=O)(O)OC[C@H](N)C(=O)O. The molecule has 0 aliphatic rings. The van der Waals surface area contributed by atoms with Crippen LogP contribution in [-0.4, -0.2) is 59.9 Å². The molecule has 0 rings (SSSR count). The first-order valence-corrected chi connectivity index (χ1v) is 19.1. The first kappa shape index (κ1) is 43.5. The van der Waals surface area contributed by atoms with Crippen molar-refractivity contribution in [2.45, 2.75) is 174 Å². The van der Waals surface area contributed by atoms with E-state index in [0.717, 1.165) is 38.5 Å². The van der Waals surface area contributed by atoms with Gasteiger partial charge in [0.2, 0.25) is 0 Å². The summed E-state index contributed by atoms with van der Waals surface area (Å²) in [6.45, 7) is 2.75. The van der Waals surface area contributed by atoms with E-state index in [2.05, 4.69) is 18.4 Å². The van der Waals surface area contributed by atoms with Crippen molar-refractivity contribution < 1.29 is 47.5 Å². The number of carbonyl (C=O) groups excluding carboxylic acids is 2. The summed E-state index contributed by atoms with van der Waals surface area (Å²) >= 11 is 0. The minimum absolute atomic E-state index is 0.167. The maximum absolute atomic E-state index is 12.5. The predicted molar refractivity (Wildman–Crippen MR) is 176 cm³/mol. The van der Waals surface area contributed by atoms with Crippen molar-refractivity contribution >= 4 is 25.7 Å². The van der Waals surface area contributed by atoms with Gasteiger partial charge in [-0.3, -0.25) is 23.4 Å². The Hall–Kier alpha value is -1.52. The molecule has 0 fully saturated rings. The molecule has 0 saturated heterocycles. The van der Waals surface area contributed by atoms with Gasteiger partial charge < -0.3 is 25.2 Å². The van der Waals surface area contributed by atoms with Gasteiger partial charge in [0.1, 0.15) is 12.6 Å². The van der Waals surface area contributed by atoms with Gasteiger partial charge in [-0.25, -0.2) is 4.57 Å². The highest BCUT2D eigenvalue weighted by Gasteiger charge is 2.28. The van der Waals surface area contributed by atoms with Crippen molar-refractivity contribution in [1.82, 2.24) is 0 Å². The van der Waals surface area contributed by atoms with Crippen LogP contribution in [0.4, 0.5) is 0 Å². The summed E-state index contributed by atoms with van der Waals surface area (Å²) in [6.07, 6.45) is 23.3. The highest BCUT2D eigenvalue weighted by Crippen LogP contribution is 2.43. The molecular formula is C33H64NO10P. The van der Waals surface area contributed by atoms with Gasteiger partial charge >= 0.3 is 25.7 Å². The van der Waals surface area contributed by atoms with E-state index in [4.69, 9.17) is 24.8 Å². The summed E-state index contributed by atoms with van der Waals surface area (Å²) < 4.78 is 32.4. The molecule has 4 N–H and O–H groups in total. The zero-order chi connectivity index (χ0) is 33.6. The highest BCUT2D eigenvalue weighted by molar-refractivity contribution is 7.47. The Morgan fingerprint density at radius 1 is 0.600 bits per heavy atom. The zero-order valence-electron chi connectivity index (χ0n) is 28.2. The first-order valence-electron chi connectivity index (χ1n) is 17.6. The summed E-state index contributed by atoms with van der Waals surface area (Å²) in [7, 11) is -4.69. The molecule has 11 nitrogen and oxygen atoms in total. The van der Waals surface area contributed by atoms with E-state index in [1.807, 2.05) is 0 Å². The Morgan fingerprint density at radius 2 is 0.978 bits per heavy atom. The quantitative estimate of drug-likeness (QED) is 0.0352. The van der Waals surface area contributed by atoms with E-state index in [0.29, 0.717) is 12.8 Å². The molecule has 266 valence electrons. The number of carboxylic acids is 1. The zero-order valence-corrected chi connectivity index (χ0v) is 29.1. The number of hydrogen-bond donors (Lipinski definition) is 3. The first-order chi connectivity index (χ1) is 21.6. The molecule has 0 saturated carbocycles. The number of hydrogen-bond acceptors (Lipinski definition) is 9. The van der Waals surface area contributed by atoms with Crippen LogP contribution in [0.15, 0.2) is 0 Å². The Balaban J connectivity index is 4.48. The number of phosphoric ester groups is 1. The van der Waals surface area contributed by atoms with Crippen LogP contribution in [0.2, 0.25) is 0 Å². The lowest BCUT2D eigenvalue weighted by Crippen LogP contribution is -2.34. The Morgan fingerprint density at radius 3 is 1.40 bits per heavy atom. The maximum atomic E-state index is 12.5. The molecule has 12 heteroatoms. The molecule has 0 heterocycles. The Labute approximate surface area is 272 Å². The number of rotatable bonds is 33. The molecule has 0 bridgehead atoms. The minimum atomic E-state index is -4.69. The summed E-state index contributed by atoms with van der Waals surface area (Å²) in [5.74, 6) is -2.37. The molecule has 0 aromatic rings. The second-order valence-corrected chi connectivity index (χ2v) is 13.5. The third-order valence-electron chi connectivity index (χ3n) is 7.61. The lowest BCUT2D eigenvalue weighted by atomic mass is 10.1. The minimum Gasteiger partial charge on any atom is -0.480 e. The fourth-order valence-corrected chi connectivity index (χ4v) is 5.55. The maximum Gasteiger partial charge on any atom is 0.472 e. The molecule has 0 radical (unpaired) electrons. The van der Waals surface area contributed by atoms with Crippen molar-refractivity contribution in [3.05, 3.63) is 0 Å². The van der Waals surface area contributed by atoms with E-state index in [1.165, 1.54) is 83.5 Å². The van der Waals surface area contributed by atoms with Crippen LogP contribution in [0.5, 0.6) is 0 Å². The second kappa shape index (κ2) is 29.9. The topological polar surface area (TPSA) is 172 Å². The van der Waals surface area contributed by atoms with Crippen molar-refractivity contribution in [2.24, 2.45) is 5.73 Å². The Bertz CT molecular complexity index is 797. The number of carboxylic acid groups (broad SMARTS) is 1. The molecule has 0 aliphatic heterocycles. The van der Waals surface area contributed by atoms with Crippen LogP contribution in [0.3, 0.4) is 0 Å². The van der Waals surface area contributed by atoms with Gasteiger partial charge in [-0.2, -0.15) is 0 Å². The number of phosphoric acid groups is 1. The van der Waals surface area contributed by atoms with Gasteiger partial charge in [0.25, 0.3) is 0 Å². The highest BCUT2D eigenvalue weighted by atomic mass is 31.2. The normalized spacial score (nSPS) is 14.0. The van der Waals surface area contributed by atoms with Crippen LogP contribution in [-0.2, 0) is 37.5 Å². The standard InChI is InChI=1S/C33H64NO10P/c1-3-5-7-9-11-13-15-17-19-21-23-25-32(36)44-29(27-42-45(39,40)43-28-30(34)33(37)38)26-41-31(35)24-22-20-18-16-14-12-10-8-6-4-2/h29-30H,3-28,34H2,1-2H3,(H,37,38)(H,39,40)/t29-,30+/m1/s1. The van der Waals surface area contributed by atoms with Crippen molar-refractivity contribution in [3.8, 4) is 0 Å². The molecule has 0 aromatic carbocycles. The number of carbonyl (C=O) groups is 3. The van der Waals surface area contributed by atoms with Crippen molar-refractivity contribution in [2.75, 3.05) is 19.8 Å². The molecule has 0 aliphatic carbocycles. The summed E-state index contributed by atoms with van der Waals surface area (Å²) in [6, 6.07) is -1.51. The lowest BCUT2D eigenvalue weighted by molar-refractivity contribution is -0.161. The van der Waals surface area contributed by atoms with Crippen LogP contribution in [0, 0.1) is 0 Å². The van der Waals surface area contributed by atoms with Crippen molar-refractivity contribution in [1.29, 1.82) is 0 Å². The smallest absolute Gasteiger partial charge is 0.472 e. The third-order valence-corrected chi connectivity index (χ3v) is 8.56. The van der Waals surface area contributed by atoms with Crippen LogP contribution in [0.25, 0.3) is 0 Å². The van der Waals surface area contributed by atoms with Crippen LogP contribution < -0.4 is 5.73 Å². The fraction of sp³-hybridized carbons (Fsp3) is 0.909. The second-order valence-electron chi connectivity index (χ2n) is 12.0. The van der Waals surface area contributed by atoms with E-state index in [1.54, 1.807) is 0 Å². The van der Waals surface area contributed by atoms with Crippen LogP contribution >= 0.6 is 7.82 Å². The third kappa shape index (κ3) is 29.6. The molecule has 0 spiro atoms. The molecule has 3 atom stereocenters. The van der Waals surface area contributed by atoms with Gasteiger partial charge in [-0.15, -0.1) is 0 Å². The molecule has 45 heavy (non-hydrogen) atoms. The van der Waals surface area contributed by atoms with Gasteiger partial charge in [-0.05, 0) is 12.8 Å². The molecular weight excluding hydrogens is 601 g/mol. The lowest BCUT2D eigenvalue weighted by Gasteiger charge is -2.20. The Kier molecular flexibility index (Phi) is 28.8. The number of nitrogens with two attached hydrogens (primary N) is 1. The van der Waals surface area contributed by atoms with E-state index in [9.17, 15) is 23.8 Å². The molecule has 0 amide bonds. The van der Waals surface area contributed by atoms with Gasteiger partial charge in [0, 0.05) is 12.8 Å². The monoisotopic (exact) mass is 665 g/mol. The van der Waals surface area contributed by atoms with E-state index < -0.39 is 51.1 Å². The predicted octanol–water partition coefficient (Wildman–Crippen LogP) is 8.00. The molecule has 0 aromatic heterocycles. The van der Waals surface area contributed by atoms with E-state index in [-0.39, 0.29) is 19.4 Å². The summed E-state index contributed by atoms with van der Waals surface area (Å²) in [4.78, 5) is 45.5. The van der Waals surface area contributed by atoms with Gasteiger partial charge in [0.05, 0.1) is 13.2 Å². The summed E-state index contributed by atoms with van der Waals surface area (Å²) in [5, 5.41) is 8.83. The molecule has 1 unspecified atom stereocenters. The average molecular weight is 666 g/mol. The average Bonchev–Trinajstić information content (AvgIpc) is 3.00. The largest absolute Gasteiger partial charge is 0.480 e. The number of unbranched alkanes of at least 4 members (excludes halogenated alkanes) is 19. The van der Waals surface area contributed by atoms with Gasteiger partial charge in [0.15, 0.2) is 6.10 Å².